The fourth-order valence-corrected chi connectivity index (χ4v) is 3.83. The number of hydrogen-bond acceptors (Lipinski definition) is 3. The Balaban J connectivity index is 1.98. The Bertz CT molecular complexity index is 618. The lowest BCUT2D eigenvalue weighted by Crippen LogP contribution is -2.35. The van der Waals surface area contributed by atoms with Crippen molar-refractivity contribution in [2.75, 3.05) is 18.4 Å². The van der Waals surface area contributed by atoms with Gasteiger partial charge in [0.05, 0.1) is 6.26 Å². The second-order valence-corrected chi connectivity index (χ2v) is 7.32. The van der Waals surface area contributed by atoms with Crippen molar-refractivity contribution in [2.45, 2.75) is 65.8 Å². The van der Waals surface area contributed by atoms with Gasteiger partial charge in [-0.15, -0.1) is 0 Å². The molecule has 0 spiro atoms. The molecule has 3 heteroatoms. The molecule has 0 saturated carbocycles. The van der Waals surface area contributed by atoms with Crippen molar-refractivity contribution in [1.29, 1.82) is 0 Å². The lowest BCUT2D eigenvalue weighted by atomic mass is 9.85. The molecule has 144 valence electrons. The summed E-state index contributed by atoms with van der Waals surface area (Å²) >= 11 is 0. The molecule has 26 heavy (non-hydrogen) atoms. The van der Waals surface area contributed by atoms with E-state index in [1.807, 2.05) is 18.2 Å². The molecule has 0 bridgehead atoms. The first-order valence-corrected chi connectivity index (χ1v) is 10.2. The van der Waals surface area contributed by atoms with E-state index in [1.165, 1.54) is 24.8 Å². The molecule has 1 aromatic carbocycles. The predicted octanol–water partition coefficient (Wildman–Crippen LogP) is 6.66. The average Bonchev–Trinajstić information content (AvgIpc) is 3.13. The topological polar surface area (TPSA) is 28.4 Å². The van der Waals surface area contributed by atoms with Crippen LogP contribution in [0.5, 0.6) is 0 Å². The molecule has 2 rings (SSSR count). The molecule has 0 saturated heterocycles. The highest BCUT2D eigenvalue weighted by Gasteiger charge is 2.22. The Hall–Kier alpha value is -1.74. The molecule has 0 radical (unpaired) electrons. The number of furan rings is 1. The summed E-state index contributed by atoms with van der Waals surface area (Å²) in [4.78, 5) is 2.59. The highest BCUT2D eigenvalue weighted by atomic mass is 16.3. The lowest BCUT2D eigenvalue weighted by Gasteiger charge is -2.30. The summed E-state index contributed by atoms with van der Waals surface area (Å²) in [6, 6.07) is 13.1. The van der Waals surface area contributed by atoms with Gasteiger partial charge < -0.3 is 14.6 Å². The number of anilines is 2. The third-order valence-corrected chi connectivity index (χ3v) is 5.83. The fraction of sp³-hybridized carbons (Fsp3) is 0.565. The van der Waals surface area contributed by atoms with E-state index in [-0.39, 0.29) is 0 Å². The van der Waals surface area contributed by atoms with Crippen molar-refractivity contribution < 1.29 is 4.42 Å². The zero-order chi connectivity index (χ0) is 18.9. The van der Waals surface area contributed by atoms with Gasteiger partial charge >= 0.3 is 0 Å². The number of benzene rings is 1. The molecule has 0 amide bonds. The van der Waals surface area contributed by atoms with Crippen LogP contribution in [0, 0.1) is 5.92 Å². The van der Waals surface area contributed by atoms with E-state index in [0.29, 0.717) is 17.9 Å². The maximum absolute atomic E-state index is 5.74. The summed E-state index contributed by atoms with van der Waals surface area (Å²) in [7, 11) is 0. The smallest absolute Gasteiger partial charge is 0.200 e. The minimum Gasteiger partial charge on any atom is -0.448 e. The molecular formula is C23H36N2O. The van der Waals surface area contributed by atoms with E-state index < -0.39 is 0 Å². The second-order valence-electron chi connectivity index (χ2n) is 7.32. The van der Waals surface area contributed by atoms with Crippen LogP contribution in [-0.4, -0.2) is 24.0 Å². The first kappa shape index (κ1) is 20.6. The van der Waals surface area contributed by atoms with E-state index in [9.17, 15) is 0 Å². The van der Waals surface area contributed by atoms with Crippen LogP contribution in [0.4, 0.5) is 11.6 Å². The van der Waals surface area contributed by atoms with Crippen LogP contribution < -0.4 is 5.32 Å². The van der Waals surface area contributed by atoms with Crippen molar-refractivity contribution in [2.24, 2.45) is 5.92 Å². The highest BCUT2D eigenvalue weighted by Crippen LogP contribution is 2.35. The molecule has 3 nitrogen and oxygen atoms in total. The van der Waals surface area contributed by atoms with Gasteiger partial charge in [-0.1, -0.05) is 52.8 Å². The van der Waals surface area contributed by atoms with Gasteiger partial charge in [-0.3, -0.25) is 0 Å². The van der Waals surface area contributed by atoms with Gasteiger partial charge in [0.2, 0.25) is 5.88 Å². The third kappa shape index (κ3) is 5.38. The summed E-state index contributed by atoms with van der Waals surface area (Å²) in [6.07, 6.45) is 5.54. The number of nitrogens with zero attached hydrogens (tertiary/aromatic N) is 1. The Labute approximate surface area is 159 Å². The Morgan fingerprint density at radius 3 is 2.27 bits per heavy atom. The van der Waals surface area contributed by atoms with Gasteiger partial charge in [0, 0.05) is 17.3 Å². The molecule has 3 atom stereocenters. The Morgan fingerprint density at radius 1 is 0.962 bits per heavy atom. The van der Waals surface area contributed by atoms with Gasteiger partial charge in [0.15, 0.2) is 0 Å². The molecule has 1 heterocycles. The quantitative estimate of drug-likeness (QED) is 0.488. The normalized spacial score (nSPS) is 15.0. The molecular weight excluding hydrogens is 320 g/mol. The van der Waals surface area contributed by atoms with Crippen molar-refractivity contribution in [3.63, 3.8) is 0 Å². The average molecular weight is 357 g/mol. The summed E-state index contributed by atoms with van der Waals surface area (Å²) in [5, 5.41) is 3.43. The Kier molecular flexibility index (Phi) is 8.24. The minimum absolute atomic E-state index is 0.467. The molecule has 3 unspecified atom stereocenters. The van der Waals surface area contributed by atoms with E-state index in [1.54, 1.807) is 6.26 Å². The molecule has 0 aliphatic carbocycles. The molecule has 0 aliphatic heterocycles. The molecule has 2 aromatic rings. The van der Waals surface area contributed by atoms with Crippen LogP contribution in [0.25, 0.3) is 0 Å². The number of rotatable bonds is 11. The number of para-hydroxylation sites is 1. The monoisotopic (exact) mass is 356 g/mol. The molecule has 0 aliphatic rings. The second kappa shape index (κ2) is 10.4. The van der Waals surface area contributed by atoms with Gasteiger partial charge in [-0.05, 0) is 62.4 Å². The lowest BCUT2D eigenvalue weighted by molar-refractivity contribution is 0.189. The van der Waals surface area contributed by atoms with Crippen molar-refractivity contribution in [3.05, 3.63) is 48.2 Å². The first-order chi connectivity index (χ1) is 12.6. The van der Waals surface area contributed by atoms with Crippen molar-refractivity contribution in [3.8, 4) is 0 Å². The standard InChI is InChI=1S/C23H36N2O/c1-6-21(25(7-2)8-3)15-14-18(4)19(5)22-16-17-26-23(22)24-20-12-10-9-11-13-20/h9-13,16-19,21,24H,6-8,14-15H2,1-5H3. The van der Waals surface area contributed by atoms with E-state index in [0.717, 1.165) is 24.7 Å². The summed E-state index contributed by atoms with van der Waals surface area (Å²) in [5.41, 5.74) is 2.34. The van der Waals surface area contributed by atoms with Crippen molar-refractivity contribution >= 4 is 11.6 Å². The third-order valence-electron chi connectivity index (χ3n) is 5.83. The SMILES string of the molecule is CCC(CCC(C)C(C)c1ccoc1Nc1ccccc1)N(CC)CC. The van der Waals surface area contributed by atoms with Crippen LogP contribution in [0.2, 0.25) is 0 Å². The zero-order valence-corrected chi connectivity index (χ0v) is 17.2. The van der Waals surface area contributed by atoms with E-state index in [4.69, 9.17) is 4.42 Å². The zero-order valence-electron chi connectivity index (χ0n) is 17.2. The van der Waals surface area contributed by atoms with Crippen LogP contribution in [0.3, 0.4) is 0 Å². The molecule has 1 aromatic heterocycles. The fourth-order valence-electron chi connectivity index (χ4n) is 3.83. The van der Waals surface area contributed by atoms with Crippen LogP contribution in [-0.2, 0) is 0 Å². The minimum atomic E-state index is 0.467. The largest absolute Gasteiger partial charge is 0.448 e. The maximum Gasteiger partial charge on any atom is 0.200 e. The number of hydrogen-bond donors (Lipinski definition) is 1. The summed E-state index contributed by atoms with van der Waals surface area (Å²) in [6.45, 7) is 13.8. The first-order valence-electron chi connectivity index (χ1n) is 10.2. The van der Waals surface area contributed by atoms with Gasteiger partial charge in [0.25, 0.3) is 0 Å². The Morgan fingerprint density at radius 2 is 1.65 bits per heavy atom. The van der Waals surface area contributed by atoms with Crippen LogP contribution in [0.1, 0.15) is 65.4 Å². The predicted molar refractivity (Wildman–Crippen MR) is 112 cm³/mol. The summed E-state index contributed by atoms with van der Waals surface area (Å²) in [5.74, 6) is 1.97. The van der Waals surface area contributed by atoms with Crippen LogP contribution in [0.15, 0.2) is 47.1 Å². The van der Waals surface area contributed by atoms with E-state index >= 15 is 0 Å². The van der Waals surface area contributed by atoms with Crippen molar-refractivity contribution in [1.82, 2.24) is 4.90 Å². The molecule has 0 fully saturated rings. The summed E-state index contributed by atoms with van der Waals surface area (Å²) < 4.78 is 5.74. The van der Waals surface area contributed by atoms with E-state index in [2.05, 4.69) is 63.0 Å². The van der Waals surface area contributed by atoms with Crippen LogP contribution >= 0.6 is 0 Å². The van der Waals surface area contributed by atoms with Gasteiger partial charge in [-0.25, -0.2) is 0 Å². The molecule has 1 N–H and O–H groups in total. The van der Waals surface area contributed by atoms with Gasteiger partial charge in [-0.2, -0.15) is 0 Å². The number of nitrogens with one attached hydrogen (secondary N) is 1. The maximum atomic E-state index is 5.74. The van der Waals surface area contributed by atoms with Gasteiger partial charge in [0.1, 0.15) is 0 Å². The highest BCUT2D eigenvalue weighted by molar-refractivity contribution is 5.58.